The second kappa shape index (κ2) is 5.06. The number of aromatic nitrogens is 1. The Labute approximate surface area is 106 Å². The van der Waals surface area contributed by atoms with Gasteiger partial charge in [0.25, 0.3) is 0 Å². The van der Waals surface area contributed by atoms with Gasteiger partial charge in [-0.25, -0.2) is 9.37 Å². The highest BCUT2D eigenvalue weighted by atomic mass is 19.1. The summed E-state index contributed by atoms with van der Waals surface area (Å²) in [5.41, 5.74) is 6.99. The van der Waals surface area contributed by atoms with E-state index in [0.29, 0.717) is 23.5 Å². The Morgan fingerprint density at radius 1 is 1.33 bits per heavy atom. The Bertz CT molecular complexity index is 534. The van der Waals surface area contributed by atoms with E-state index >= 15 is 0 Å². The van der Waals surface area contributed by atoms with Crippen LogP contribution in [-0.4, -0.2) is 11.5 Å². The monoisotopic (exact) mass is 250 g/mol. The van der Waals surface area contributed by atoms with Crippen LogP contribution in [-0.2, 0) is 6.42 Å². The first kappa shape index (κ1) is 13.0. The van der Waals surface area contributed by atoms with Crippen LogP contribution in [0.2, 0.25) is 0 Å². The van der Waals surface area contributed by atoms with Crippen molar-refractivity contribution in [2.75, 3.05) is 6.54 Å². The lowest BCUT2D eigenvalue weighted by molar-refractivity contribution is 0.302. The van der Waals surface area contributed by atoms with E-state index in [1.807, 2.05) is 0 Å². The van der Waals surface area contributed by atoms with E-state index in [4.69, 9.17) is 10.2 Å². The average molecular weight is 250 g/mol. The van der Waals surface area contributed by atoms with Gasteiger partial charge in [-0.2, -0.15) is 0 Å². The summed E-state index contributed by atoms with van der Waals surface area (Å²) in [4.78, 5) is 4.30. The molecule has 1 aromatic heterocycles. The van der Waals surface area contributed by atoms with Gasteiger partial charge in [-0.05, 0) is 36.9 Å². The fourth-order valence-electron chi connectivity index (χ4n) is 2.02. The van der Waals surface area contributed by atoms with Crippen molar-refractivity contribution in [1.82, 2.24) is 4.98 Å². The van der Waals surface area contributed by atoms with E-state index in [1.165, 1.54) is 12.1 Å². The van der Waals surface area contributed by atoms with Crippen LogP contribution in [0.5, 0.6) is 0 Å². The van der Waals surface area contributed by atoms with Gasteiger partial charge in [-0.3, -0.25) is 0 Å². The van der Waals surface area contributed by atoms with Crippen LogP contribution in [0.25, 0.3) is 11.1 Å². The Hall–Kier alpha value is -1.42. The predicted octanol–water partition coefficient (Wildman–Crippen LogP) is 3.27. The van der Waals surface area contributed by atoms with Gasteiger partial charge in [0.1, 0.15) is 11.3 Å². The van der Waals surface area contributed by atoms with Gasteiger partial charge in [0.05, 0.1) is 0 Å². The molecular weight excluding hydrogens is 231 g/mol. The summed E-state index contributed by atoms with van der Waals surface area (Å²) in [6.45, 7) is 5.05. The van der Waals surface area contributed by atoms with Gasteiger partial charge in [0, 0.05) is 12.5 Å². The average Bonchev–Trinajstić information content (AvgIpc) is 2.68. The van der Waals surface area contributed by atoms with Crippen molar-refractivity contribution >= 4 is 11.1 Å². The lowest BCUT2D eigenvalue weighted by atomic mass is 9.84. The number of halogens is 1. The van der Waals surface area contributed by atoms with Gasteiger partial charge in [-0.1, -0.05) is 13.8 Å². The van der Waals surface area contributed by atoms with Crippen molar-refractivity contribution in [2.24, 2.45) is 11.1 Å². The maximum absolute atomic E-state index is 13.0. The Kier molecular flexibility index (Phi) is 3.66. The van der Waals surface area contributed by atoms with Gasteiger partial charge in [0.2, 0.25) is 0 Å². The molecule has 0 fully saturated rings. The minimum Gasteiger partial charge on any atom is -0.441 e. The third kappa shape index (κ3) is 3.07. The molecule has 0 unspecified atom stereocenters. The lowest BCUT2D eigenvalue weighted by Crippen LogP contribution is -2.17. The summed E-state index contributed by atoms with van der Waals surface area (Å²) >= 11 is 0. The van der Waals surface area contributed by atoms with Crippen molar-refractivity contribution in [3.8, 4) is 0 Å². The van der Waals surface area contributed by atoms with Crippen molar-refractivity contribution < 1.29 is 8.81 Å². The minimum atomic E-state index is -0.286. The van der Waals surface area contributed by atoms with Crippen LogP contribution >= 0.6 is 0 Å². The molecule has 18 heavy (non-hydrogen) atoms. The van der Waals surface area contributed by atoms with Crippen molar-refractivity contribution in [3.63, 3.8) is 0 Å². The summed E-state index contributed by atoms with van der Waals surface area (Å²) in [6, 6.07) is 4.40. The molecular formula is C14H19FN2O. The van der Waals surface area contributed by atoms with E-state index in [0.717, 1.165) is 19.3 Å². The molecule has 3 nitrogen and oxygen atoms in total. The predicted molar refractivity (Wildman–Crippen MR) is 69.7 cm³/mol. The number of hydrogen-bond donors (Lipinski definition) is 1. The zero-order valence-corrected chi connectivity index (χ0v) is 10.9. The lowest BCUT2D eigenvalue weighted by Gasteiger charge is -2.22. The van der Waals surface area contributed by atoms with Crippen LogP contribution in [0.1, 0.15) is 32.6 Å². The van der Waals surface area contributed by atoms with E-state index < -0.39 is 0 Å². The number of aryl methyl sites for hydroxylation is 1. The molecule has 2 N–H and O–H groups in total. The SMILES string of the molecule is CC(C)(CCN)CCc1nc2cc(F)ccc2o1. The number of hydrogen-bond acceptors (Lipinski definition) is 3. The summed E-state index contributed by atoms with van der Waals surface area (Å²) < 4.78 is 18.6. The van der Waals surface area contributed by atoms with E-state index in [2.05, 4.69) is 18.8 Å². The Balaban J connectivity index is 2.08. The molecule has 0 aliphatic rings. The molecule has 1 aromatic carbocycles. The molecule has 0 bridgehead atoms. The first-order chi connectivity index (χ1) is 8.50. The van der Waals surface area contributed by atoms with Crippen LogP contribution in [0.15, 0.2) is 22.6 Å². The van der Waals surface area contributed by atoms with Crippen LogP contribution in [0.3, 0.4) is 0 Å². The van der Waals surface area contributed by atoms with Crippen molar-refractivity contribution in [2.45, 2.75) is 33.1 Å². The van der Waals surface area contributed by atoms with Crippen LogP contribution in [0, 0.1) is 11.2 Å². The Morgan fingerprint density at radius 3 is 2.83 bits per heavy atom. The van der Waals surface area contributed by atoms with E-state index in [9.17, 15) is 4.39 Å². The molecule has 0 aliphatic carbocycles. The zero-order valence-electron chi connectivity index (χ0n) is 10.9. The quantitative estimate of drug-likeness (QED) is 0.886. The minimum absolute atomic E-state index is 0.181. The molecule has 0 saturated carbocycles. The highest BCUT2D eigenvalue weighted by molar-refractivity contribution is 5.72. The molecule has 0 aliphatic heterocycles. The molecule has 0 spiro atoms. The molecule has 98 valence electrons. The van der Waals surface area contributed by atoms with Gasteiger partial charge < -0.3 is 10.2 Å². The van der Waals surface area contributed by atoms with E-state index in [1.54, 1.807) is 6.07 Å². The summed E-state index contributed by atoms with van der Waals surface area (Å²) in [6.07, 6.45) is 2.69. The van der Waals surface area contributed by atoms with E-state index in [-0.39, 0.29) is 11.2 Å². The maximum Gasteiger partial charge on any atom is 0.195 e. The Morgan fingerprint density at radius 2 is 2.11 bits per heavy atom. The second-order valence-electron chi connectivity index (χ2n) is 5.42. The number of fused-ring (bicyclic) bond motifs is 1. The molecule has 0 atom stereocenters. The number of rotatable bonds is 5. The summed E-state index contributed by atoms with van der Waals surface area (Å²) in [5, 5.41) is 0. The fraction of sp³-hybridized carbons (Fsp3) is 0.500. The number of nitrogens with two attached hydrogens (primary N) is 1. The molecule has 1 heterocycles. The molecule has 4 heteroatoms. The number of benzene rings is 1. The zero-order chi connectivity index (χ0) is 13.2. The third-order valence-electron chi connectivity index (χ3n) is 3.23. The molecule has 0 saturated heterocycles. The largest absolute Gasteiger partial charge is 0.441 e. The first-order valence-corrected chi connectivity index (χ1v) is 6.25. The highest BCUT2D eigenvalue weighted by Gasteiger charge is 2.18. The number of oxazole rings is 1. The molecule has 0 radical (unpaired) electrons. The number of nitrogens with zero attached hydrogens (tertiary/aromatic N) is 1. The maximum atomic E-state index is 13.0. The smallest absolute Gasteiger partial charge is 0.195 e. The third-order valence-corrected chi connectivity index (χ3v) is 3.23. The molecule has 2 aromatic rings. The van der Waals surface area contributed by atoms with Gasteiger partial charge in [-0.15, -0.1) is 0 Å². The summed E-state index contributed by atoms with van der Waals surface area (Å²) in [7, 11) is 0. The highest BCUT2D eigenvalue weighted by Crippen LogP contribution is 2.27. The van der Waals surface area contributed by atoms with Crippen molar-refractivity contribution in [3.05, 3.63) is 29.9 Å². The van der Waals surface area contributed by atoms with Crippen molar-refractivity contribution in [1.29, 1.82) is 0 Å². The molecule has 2 rings (SSSR count). The second-order valence-corrected chi connectivity index (χ2v) is 5.42. The van der Waals surface area contributed by atoms with Gasteiger partial charge >= 0.3 is 0 Å². The summed E-state index contributed by atoms with van der Waals surface area (Å²) in [5.74, 6) is 0.381. The molecule has 0 amide bonds. The van der Waals surface area contributed by atoms with Crippen LogP contribution in [0.4, 0.5) is 4.39 Å². The van der Waals surface area contributed by atoms with Crippen LogP contribution < -0.4 is 5.73 Å². The standard InChI is InChI=1S/C14H19FN2O/c1-14(2,7-8-16)6-5-13-17-11-9-10(15)3-4-12(11)18-13/h3-4,9H,5-8,16H2,1-2H3. The van der Waals surface area contributed by atoms with Gasteiger partial charge in [0.15, 0.2) is 11.5 Å². The fourth-order valence-corrected chi connectivity index (χ4v) is 2.02. The topological polar surface area (TPSA) is 52.0 Å². The normalized spacial score (nSPS) is 12.2. The first-order valence-electron chi connectivity index (χ1n) is 6.25.